The van der Waals surface area contributed by atoms with Gasteiger partial charge in [0.2, 0.25) is 0 Å². The van der Waals surface area contributed by atoms with Crippen molar-refractivity contribution in [2.24, 2.45) is 0 Å². The number of aliphatic hydroxyl groups is 1. The summed E-state index contributed by atoms with van der Waals surface area (Å²) in [6, 6.07) is 0. The topological polar surface area (TPSA) is 53.4 Å². The van der Waals surface area contributed by atoms with Crippen molar-refractivity contribution in [2.45, 2.75) is 32.2 Å². The van der Waals surface area contributed by atoms with Gasteiger partial charge in [-0.3, -0.25) is 9.69 Å². The summed E-state index contributed by atoms with van der Waals surface area (Å²) in [5.41, 5.74) is 0.450. The summed E-state index contributed by atoms with van der Waals surface area (Å²) in [6.45, 7) is 2.90. The Morgan fingerprint density at radius 1 is 1.35 bits per heavy atom. The highest BCUT2D eigenvalue weighted by Gasteiger charge is 2.24. The summed E-state index contributed by atoms with van der Waals surface area (Å²) < 4.78 is 0. The molecule has 0 radical (unpaired) electrons. The van der Waals surface area contributed by atoms with Crippen LogP contribution in [0.1, 0.15) is 35.6 Å². The minimum absolute atomic E-state index is 0.0237. The third-order valence-corrected chi connectivity index (χ3v) is 4.67. The molecule has 2 aliphatic rings. The van der Waals surface area contributed by atoms with Crippen LogP contribution in [0.15, 0.2) is 24.1 Å². The third-order valence-electron chi connectivity index (χ3n) is 3.67. The molecule has 0 saturated heterocycles. The Balaban J connectivity index is 1.76. The van der Waals surface area contributed by atoms with Gasteiger partial charge < -0.3 is 5.11 Å². The lowest BCUT2D eigenvalue weighted by molar-refractivity contribution is -0.114. The first-order valence-corrected chi connectivity index (χ1v) is 7.83. The number of aromatic nitrogens is 1. The Morgan fingerprint density at radius 2 is 2.25 bits per heavy atom. The van der Waals surface area contributed by atoms with Gasteiger partial charge in [-0.1, -0.05) is 12.2 Å². The van der Waals surface area contributed by atoms with Crippen LogP contribution in [0.4, 0.5) is 0 Å². The Labute approximate surface area is 122 Å². The van der Waals surface area contributed by atoms with Gasteiger partial charge in [0.05, 0.1) is 5.57 Å². The van der Waals surface area contributed by atoms with Crippen molar-refractivity contribution < 1.29 is 9.90 Å². The second-order valence-corrected chi connectivity index (χ2v) is 6.34. The summed E-state index contributed by atoms with van der Waals surface area (Å²) in [4.78, 5) is 19.8. The standard InChI is InChI=1S/C15H18N2O2S/c18-12-5-4-6-13(19)14(12)15-16-9-11(20-15)10-17-7-2-1-3-8-17/h1-2,9,18H,3-8,10H2. The van der Waals surface area contributed by atoms with Crippen LogP contribution in [-0.4, -0.2) is 33.9 Å². The van der Waals surface area contributed by atoms with E-state index in [4.69, 9.17) is 0 Å². The van der Waals surface area contributed by atoms with Crippen molar-refractivity contribution in [3.63, 3.8) is 0 Å². The maximum Gasteiger partial charge on any atom is 0.169 e. The molecule has 0 saturated carbocycles. The smallest absolute Gasteiger partial charge is 0.169 e. The maximum atomic E-state index is 11.9. The quantitative estimate of drug-likeness (QED) is 0.870. The largest absolute Gasteiger partial charge is 0.511 e. The van der Waals surface area contributed by atoms with Gasteiger partial charge in [-0.05, 0) is 12.8 Å². The van der Waals surface area contributed by atoms with Crippen molar-refractivity contribution in [2.75, 3.05) is 13.1 Å². The Hall–Kier alpha value is -1.46. The highest BCUT2D eigenvalue weighted by atomic mass is 32.1. The fourth-order valence-corrected chi connectivity index (χ4v) is 3.66. The van der Waals surface area contributed by atoms with Crippen LogP contribution < -0.4 is 0 Å². The molecule has 4 nitrogen and oxygen atoms in total. The zero-order valence-electron chi connectivity index (χ0n) is 11.3. The summed E-state index contributed by atoms with van der Waals surface area (Å²) in [7, 11) is 0. The molecule has 0 amide bonds. The molecule has 20 heavy (non-hydrogen) atoms. The van der Waals surface area contributed by atoms with Gasteiger partial charge in [0.15, 0.2) is 5.78 Å². The van der Waals surface area contributed by atoms with Crippen molar-refractivity contribution in [1.82, 2.24) is 9.88 Å². The SMILES string of the molecule is O=C1CCCC(O)=C1c1ncc(CN2CC=CCC2)s1. The fourth-order valence-electron chi connectivity index (χ4n) is 2.62. The highest BCUT2D eigenvalue weighted by Crippen LogP contribution is 2.31. The van der Waals surface area contributed by atoms with E-state index < -0.39 is 0 Å². The van der Waals surface area contributed by atoms with Crippen molar-refractivity contribution in [3.05, 3.63) is 34.0 Å². The molecule has 0 unspecified atom stereocenters. The van der Waals surface area contributed by atoms with Gasteiger partial charge in [-0.15, -0.1) is 11.3 Å². The molecule has 1 aliphatic carbocycles. The first-order valence-electron chi connectivity index (χ1n) is 7.02. The van der Waals surface area contributed by atoms with E-state index in [2.05, 4.69) is 22.0 Å². The van der Waals surface area contributed by atoms with Gasteiger partial charge in [0.1, 0.15) is 10.8 Å². The monoisotopic (exact) mass is 290 g/mol. The number of rotatable bonds is 3. The van der Waals surface area contributed by atoms with Gasteiger partial charge in [-0.25, -0.2) is 4.98 Å². The molecule has 1 aromatic rings. The second kappa shape index (κ2) is 5.89. The third kappa shape index (κ3) is 2.83. The molecule has 1 aromatic heterocycles. The summed E-state index contributed by atoms with van der Waals surface area (Å²) in [5, 5.41) is 10.6. The number of carbonyl (C=O) groups excluding carboxylic acids is 1. The van der Waals surface area contributed by atoms with E-state index in [9.17, 15) is 9.90 Å². The summed E-state index contributed by atoms with van der Waals surface area (Å²) >= 11 is 1.52. The first kappa shape index (κ1) is 13.5. The van der Waals surface area contributed by atoms with Crippen molar-refractivity contribution in [1.29, 1.82) is 0 Å². The maximum absolute atomic E-state index is 11.9. The average Bonchev–Trinajstić information content (AvgIpc) is 2.88. The molecule has 0 atom stereocenters. The van der Waals surface area contributed by atoms with Gasteiger partial charge in [-0.2, -0.15) is 0 Å². The Bertz CT molecular complexity index is 574. The molecular formula is C15H18N2O2S. The number of nitrogens with zero attached hydrogens (tertiary/aromatic N) is 2. The molecule has 0 bridgehead atoms. The average molecular weight is 290 g/mol. The van der Waals surface area contributed by atoms with E-state index in [1.807, 2.05) is 6.20 Å². The highest BCUT2D eigenvalue weighted by molar-refractivity contribution is 7.13. The Kier molecular flexibility index (Phi) is 3.98. The molecule has 0 fully saturated rings. The second-order valence-electron chi connectivity index (χ2n) is 5.23. The summed E-state index contributed by atoms with van der Waals surface area (Å²) in [6.07, 6.45) is 9.17. The Morgan fingerprint density at radius 3 is 3.00 bits per heavy atom. The van der Waals surface area contributed by atoms with Crippen LogP contribution in [0.5, 0.6) is 0 Å². The van der Waals surface area contributed by atoms with Crippen LogP contribution in [0.25, 0.3) is 5.57 Å². The van der Waals surface area contributed by atoms with Crippen LogP contribution in [-0.2, 0) is 11.3 Å². The van der Waals surface area contributed by atoms with Gasteiger partial charge >= 0.3 is 0 Å². The molecule has 106 valence electrons. The number of aliphatic hydroxyl groups excluding tert-OH is 1. The molecule has 1 aliphatic heterocycles. The fraction of sp³-hybridized carbons (Fsp3) is 0.467. The predicted molar refractivity (Wildman–Crippen MR) is 79.6 cm³/mol. The first-order chi connectivity index (χ1) is 9.74. The van der Waals surface area contributed by atoms with Crippen LogP contribution >= 0.6 is 11.3 Å². The number of allylic oxidation sites excluding steroid dienone is 2. The molecule has 0 spiro atoms. The molecular weight excluding hydrogens is 272 g/mol. The molecule has 3 rings (SSSR count). The zero-order chi connectivity index (χ0) is 13.9. The lowest BCUT2D eigenvalue weighted by atomic mass is 9.97. The van der Waals surface area contributed by atoms with Crippen molar-refractivity contribution >= 4 is 22.7 Å². The van der Waals surface area contributed by atoms with E-state index in [0.717, 1.165) is 37.4 Å². The molecule has 1 N–H and O–H groups in total. The van der Waals surface area contributed by atoms with E-state index in [-0.39, 0.29) is 11.5 Å². The molecule has 0 aromatic carbocycles. The lowest BCUT2D eigenvalue weighted by Gasteiger charge is -2.21. The number of hydrogen-bond donors (Lipinski definition) is 1. The molecule has 5 heteroatoms. The number of hydrogen-bond acceptors (Lipinski definition) is 5. The van der Waals surface area contributed by atoms with E-state index in [1.165, 1.54) is 11.3 Å². The molecule has 2 heterocycles. The minimum atomic E-state index is 0.0237. The zero-order valence-corrected chi connectivity index (χ0v) is 12.2. The van der Waals surface area contributed by atoms with E-state index in [0.29, 0.717) is 23.4 Å². The number of carbonyl (C=O) groups is 1. The van der Waals surface area contributed by atoms with Crippen LogP contribution in [0, 0.1) is 0 Å². The lowest BCUT2D eigenvalue weighted by Crippen LogP contribution is -2.26. The predicted octanol–water partition coefficient (Wildman–Crippen LogP) is 2.93. The number of thiazole rings is 1. The minimum Gasteiger partial charge on any atom is -0.511 e. The van der Waals surface area contributed by atoms with Gasteiger partial charge in [0, 0.05) is 43.5 Å². The van der Waals surface area contributed by atoms with Gasteiger partial charge in [0.25, 0.3) is 0 Å². The normalized spacial score (nSPS) is 20.7. The summed E-state index contributed by atoms with van der Waals surface area (Å²) in [5.74, 6) is 0.235. The number of ketones is 1. The number of Topliss-reactive ketones (excluding diaryl/α,β-unsaturated/α-hetero) is 1. The van der Waals surface area contributed by atoms with E-state index in [1.54, 1.807) is 0 Å². The van der Waals surface area contributed by atoms with Crippen LogP contribution in [0.2, 0.25) is 0 Å². The van der Waals surface area contributed by atoms with Crippen LogP contribution in [0.3, 0.4) is 0 Å². The van der Waals surface area contributed by atoms with E-state index >= 15 is 0 Å². The van der Waals surface area contributed by atoms with Crippen molar-refractivity contribution in [3.8, 4) is 0 Å².